The number of hydrogen-bond acceptors (Lipinski definition) is 2. The molecule has 1 unspecified atom stereocenters. The first-order valence-electron chi connectivity index (χ1n) is 6.35. The number of fused-ring (bicyclic) bond motifs is 1. The number of ether oxygens (including phenoxy) is 1. The average Bonchev–Trinajstić information content (AvgIpc) is 2.42. The first-order chi connectivity index (χ1) is 8.79. The monoisotopic (exact) mass is 245 g/mol. The van der Waals surface area contributed by atoms with E-state index in [1.54, 1.807) is 6.08 Å². The number of benzene rings is 1. The molecule has 0 saturated carbocycles. The van der Waals surface area contributed by atoms with Crippen molar-refractivity contribution in [2.24, 2.45) is 0 Å². The Morgan fingerprint density at radius 2 is 2.22 bits per heavy atom. The van der Waals surface area contributed by atoms with Crippen molar-refractivity contribution < 1.29 is 9.53 Å². The van der Waals surface area contributed by atoms with Crippen LogP contribution in [0.5, 0.6) is 0 Å². The minimum Gasteiger partial charge on any atom is -0.371 e. The average molecular weight is 245 g/mol. The molecule has 96 valence electrons. The summed E-state index contributed by atoms with van der Waals surface area (Å²) in [6, 6.07) is 8.29. The van der Waals surface area contributed by atoms with Gasteiger partial charge >= 0.3 is 0 Å². The van der Waals surface area contributed by atoms with Crippen molar-refractivity contribution in [3.05, 3.63) is 48.0 Å². The molecule has 1 aliphatic rings. The molecule has 0 fully saturated rings. The van der Waals surface area contributed by atoms with Crippen LogP contribution in [0.2, 0.25) is 0 Å². The zero-order chi connectivity index (χ0) is 12.8. The van der Waals surface area contributed by atoms with E-state index < -0.39 is 0 Å². The van der Waals surface area contributed by atoms with Crippen LogP contribution >= 0.6 is 0 Å². The van der Waals surface area contributed by atoms with E-state index in [2.05, 4.69) is 24.0 Å². The molecule has 2 rings (SSSR count). The summed E-state index contributed by atoms with van der Waals surface area (Å²) in [7, 11) is 0. The van der Waals surface area contributed by atoms with E-state index in [-0.39, 0.29) is 12.0 Å². The molecule has 0 bridgehead atoms. The fraction of sp³-hybridized carbons (Fsp3) is 0.400. The third kappa shape index (κ3) is 3.44. The van der Waals surface area contributed by atoms with Crippen molar-refractivity contribution in [3.8, 4) is 0 Å². The minimum atomic E-state index is 0.0670. The van der Waals surface area contributed by atoms with Crippen LogP contribution in [0.15, 0.2) is 36.9 Å². The van der Waals surface area contributed by atoms with Crippen LogP contribution in [0.4, 0.5) is 0 Å². The Labute approximate surface area is 108 Å². The number of amides is 1. The van der Waals surface area contributed by atoms with Crippen LogP contribution in [0.3, 0.4) is 0 Å². The minimum absolute atomic E-state index is 0.0670. The second kappa shape index (κ2) is 6.36. The third-order valence-electron chi connectivity index (χ3n) is 3.14. The molecule has 1 atom stereocenters. The van der Waals surface area contributed by atoms with Crippen LogP contribution in [0.1, 0.15) is 24.0 Å². The maximum atomic E-state index is 11.5. The van der Waals surface area contributed by atoms with Gasteiger partial charge in [0.05, 0.1) is 12.7 Å². The second-order valence-electron chi connectivity index (χ2n) is 4.54. The van der Waals surface area contributed by atoms with Crippen LogP contribution in [-0.4, -0.2) is 18.6 Å². The molecule has 1 aromatic carbocycles. The number of carbonyl (C=O) groups excluding carboxylic acids is 1. The molecule has 0 spiro atoms. The predicted molar refractivity (Wildman–Crippen MR) is 71.2 cm³/mol. The highest BCUT2D eigenvalue weighted by atomic mass is 16.5. The van der Waals surface area contributed by atoms with Gasteiger partial charge in [-0.15, -0.1) is 6.58 Å². The van der Waals surface area contributed by atoms with Gasteiger partial charge in [0.2, 0.25) is 5.91 Å². The van der Waals surface area contributed by atoms with Crippen molar-refractivity contribution >= 4 is 5.91 Å². The summed E-state index contributed by atoms with van der Waals surface area (Å²) in [5.74, 6) is 0.0670. The Kier molecular flexibility index (Phi) is 4.53. The molecule has 0 radical (unpaired) electrons. The van der Waals surface area contributed by atoms with Crippen molar-refractivity contribution in [3.63, 3.8) is 0 Å². The molecule has 0 saturated heterocycles. The maximum Gasteiger partial charge on any atom is 0.220 e. The summed E-state index contributed by atoms with van der Waals surface area (Å²) in [5, 5.41) is 2.91. The highest BCUT2D eigenvalue weighted by molar-refractivity contribution is 5.76. The molecular formula is C15H19NO2. The molecule has 3 nitrogen and oxygen atoms in total. The lowest BCUT2D eigenvalue weighted by Gasteiger charge is -2.25. The van der Waals surface area contributed by atoms with Crippen molar-refractivity contribution in [1.29, 1.82) is 0 Å². The Morgan fingerprint density at radius 1 is 1.44 bits per heavy atom. The fourth-order valence-electron chi connectivity index (χ4n) is 2.09. The summed E-state index contributed by atoms with van der Waals surface area (Å²) in [6.07, 6.45) is 3.95. The predicted octanol–water partition coefficient (Wildman–Crippen LogP) is 2.21. The van der Waals surface area contributed by atoms with E-state index >= 15 is 0 Å². The zero-order valence-corrected chi connectivity index (χ0v) is 10.5. The summed E-state index contributed by atoms with van der Waals surface area (Å²) in [6.45, 7) is 4.83. The van der Waals surface area contributed by atoms with Gasteiger partial charge in [0, 0.05) is 19.4 Å². The summed E-state index contributed by atoms with van der Waals surface area (Å²) in [4.78, 5) is 11.5. The van der Waals surface area contributed by atoms with Gasteiger partial charge in [0.1, 0.15) is 0 Å². The van der Waals surface area contributed by atoms with Crippen molar-refractivity contribution in [1.82, 2.24) is 5.32 Å². The number of hydrogen-bond donors (Lipinski definition) is 1. The molecule has 0 aliphatic carbocycles. The van der Waals surface area contributed by atoms with Gasteiger partial charge < -0.3 is 10.1 Å². The Morgan fingerprint density at radius 3 is 3.00 bits per heavy atom. The zero-order valence-electron chi connectivity index (χ0n) is 10.5. The van der Waals surface area contributed by atoms with Crippen LogP contribution < -0.4 is 5.32 Å². The lowest BCUT2D eigenvalue weighted by molar-refractivity contribution is -0.121. The van der Waals surface area contributed by atoms with E-state index in [1.807, 2.05) is 12.1 Å². The molecule has 1 heterocycles. The topological polar surface area (TPSA) is 38.3 Å². The van der Waals surface area contributed by atoms with Crippen LogP contribution in [0.25, 0.3) is 0 Å². The van der Waals surface area contributed by atoms with Crippen LogP contribution in [0, 0.1) is 0 Å². The molecule has 0 aromatic heterocycles. The Hall–Kier alpha value is -1.61. The second-order valence-corrected chi connectivity index (χ2v) is 4.54. The third-order valence-corrected chi connectivity index (χ3v) is 3.14. The first kappa shape index (κ1) is 12.8. The summed E-state index contributed by atoms with van der Waals surface area (Å²) in [5.41, 5.74) is 2.58. The molecule has 1 aromatic rings. The van der Waals surface area contributed by atoms with E-state index in [1.165, 1.54) is 11.1 Å². The lowest BCUT2D eigenvalue weighted by atomic mass is 9.99. The van der Waals surface area contributed by atoms with Crippen molar-refractivity contribution in [2.45, 2.75) is 32.0 Å². The van der Waals surface area contributed by atoms with Gasteiger partial charge in [0.25, 0.3) is 0 Å². The maximum absolute atomic E-state index is 11.5. The standard InChI is InChI=1S/C15H19NO2/c1-2-3-8-15(17)16-10-14-9-12-6-4-5-7-13(12)11-18-14/h2,4-7,14H,1,3,8-11H2,(H,16,17). The molecule has 1 amide bonds. The normalized spacial score (nSPS) is 17.9. The number of rotatable bonds is 5. The van der Waals surface area contributed by atoms with Gasteiger partial charge in [-0.05, 0) is 17.5 Å². The number of allylic oxidation sites excluding steroid dienone is 1. The van der Waals surface area contributed by atoms with Crippen molar-refractivity contribution in [2.75, 3.05) is 6.54 Å². The molecule has 18 heavy (non-hydrogen) atoms. The highest BCUT2D eigenvalue weighted by Crippen LogP contribution is 2.19. The van der Waals surface area contributed by atoms with E-state index in [4.69, 9.17) is 4.74 Å². The SMILES string of the molecule is C=CCCC(=O)NCC1Cc2ccccc2CO1. The number of carbonyl (C=O) groups is 1. The molecule has 1 N–H and O–H groups in total. The van der Waals surface area contributed by atoms with Gasteiger partial charge in [-0.3, -0.25) is 4.79 Å². The van der Waals surface area contributed by atoms with E-state index in [0.29, 0.717) is 19.6 Å². The summed E-state index contributed by atoms with van der Waals surface area (Å²) < 4.78 is 5.72. The molecule has 1 aliphatic heterocycles. The number of nitrogens with one attached hydrogen (secondary N) is 1. The quantitative estimate of drug-likeness (QED) is 0.808. The fourth-order valence-corrected chi connectivity index (χ4v) is 2.09. The largest absolute Gasteiger partial charge is 0.371 e. The van der Waals surface area contributed by atoms with Gasteiger partial charge in [-0.25, -0.2) is 0 Å². The molecular weight excluding hydrogens is 226 g/mol. The summed E-state index contributed by atoms with van der Waals surface area (Å²) >= 11 is 0. The van der Waals surface area contributed by atoms with E-state index in [0.717, 1.165) is 12.8 Å². The first-order valence-corrected chi connectivity index (χ1v) is 6.35. The molecule has 3 heteroatoms. The van der Waals surface area contributed by atoms with Crippen LogP contribution in [-0.2, 0) is 22.6 Å². The lowest BCUT2D eigenvalue weighted by Crippen LogP contribution is -2.36. The Bertz CT molecular complexity index is 428. The van der Waals surface area contributed by atoms with E-state index in [9.17, 15) is 4.79 Å². The van der Waals surface area contributed by atoms with Gasteiger partial charge in [-0.1, -0.05) is 30.3 Å². The highest BCUT2D eigenvalue weighted by Gasteiger charge is 2.18. The Balaban J connectivity index is 1.79. The van der Waals surface area contributed by atoms with Gasteiger partial charge in [0.15, 0.2) is 0 Å². The van der Waals surface area contributed by atoms with Gasteiger partial charge in [-0.2, -0.15) is 0 Å². The smallest absolute Gasteiger partial charge is 0.220 e.